The van der Waals surface area contributed by atoms with Crippen molar-refractivity contribution in [1.82, 2.24) is 0 Å². The molecule has 54 valence electrons. The number of hydrogen-bond donors (Lipinski definition) is 1. The second-order valence-electron chi connectivity index (χ2n) is 1.60. The van der Waals surface area contributed by atoms with E-state index in [2.05, 4.69) is 0 Å². The fourth-order valence-electron chi connectivity index (χ4n) is 0.393. The minimum atomic E-state index is -0.827. The molecule has 0 heterocycles. The first-order chi connectivity index (χ1) is 3.68. The summed E-state index contributed by atoms with van der Waals surface area (Å²) in [5, 5.41) is 8.24. The standard InChI is InChI=1S/C6H10O2.BrH/c1-3-4-5(2)6(7)8;/h4H,3H2,1-2H3,(H,7,8);1H. The maximum absolute atomic E-state index is 10.0. The quantitative estimate of drug-likeness (QED) is 0.684. The van der Waals surface area contributed by atoms with Gasteiger partial charge in [-0.15, -0.1) is 17.0 Å². The number of carboxylic acid groups (broad SMARTS) is 1. The lowest BCUT2D eigenvalue weighted by Gasteiger charge is -1.87. The zero-order valence-corrected chi connectivity index (χ0v) is 7.26. The Bertz CT molecular complexity index is 118. The molecule has 0 aromatic carbocycles. The van der Waals surface area contributed by atoms with Gasteiger partial charge in [0.25, 0.3) is 0 Å². The zero-order valence-electron chi connectivity index (χ0n) is 5.55. The van der Waals surface area contributed by atoms with Gasteiger partial charge in [-0.2, -0.15) is 0 Å². The van der Waals surface area contributed by atoms with Crippen LogP contribution in [0.15, 0.2) is 11.6 Å². The summed E-state index contributed by atoms with van der Waals surface area (Å²) in [5.74, 6) is -0.827. The molecule has 9 heavy (non-hydrogen) atoms. The first-order valence-electron chi connectivity index (χ1n) is 2.58. The molecule has 0 unspecified atom stereocenters. The first-order valence-corrected chi connectivity index (χ1v) is 2.58. The van der Waals surface area contributed by atoms with E-state index in [1.54, 1.807) is 13.0 Å². The van der Waals surface area contributed by atoms with E-state index in [-0.39, 0.29) is 17.0 Å². The molecule has 0 aromatic rings. The molecular weight excluding hydrogens is 184 g/mol. The van der Waals surface area contributed by atoms with E-state index in [9.17, 15) is 4.79 Å². The Hall–Kier alpha value is -0.310. The molecule has 2 nitrogen and oxygen atoms in total. The molecule has 0 fully saturated rings. The molecule has 0 saturated carbocycles. The average molecular weight is 195 g/mol. The van der Waals surface area contributed by atoms with Gasteiger partial charge in [0.2, 0.25) is 0 Å². The van der Waals surface area contributed by atoms with Crippen LogP contribution in [0.25, 0.3) is 0 Å². The predicted molar refractivity (Wildman–Crippen MR) is 42.0 cm³/mol. The number of halogens is 1. The van der Waals surface area contributed by atoms with Gasteiger partial charge >= 0.3 is 5.97 Å². The van der Waals surface area contributed by atoms with Gasteiger partial charge in [0.1, 0.15) is 0 Å². The summed E-state index contributed by atoms with van der Waals surface area (Å²) in [6.07, 6.45) is 2.47. The van der Waals surface area contributed by atoms with Crippen molar-refractivity contribution in [3.05, 3.63) is 11.6 Å². The third-order valence-electron chi connectivity index (χ3n) is 0.848. The second kappa shape index (κ2) is 5.82. The van der Waals surface area contributed by atoms with Crippen LogP contribution in [-0.2, 0) is 4.79 Å². The molecule has 0 amide bonds. The van der Waals surface area contributed by atoms with Crippen LogP contribution >= 0.6 is 17.0 Å². The second-order valence-corrected chi connectivity index (χ2v) is 1.60. The monoisotopic (exact) mass is 194 g/mol. The molecule has 0 atom stereocenters. The maximum Gasteiger partial charge on any atom is 0.330 e. The van der Waals surface area contributed by atoms with Crippen molar-refractivity contribution in [3.63, 3.8) is 0 Å². The lowest BCUT2D eigenvalue weighted by molar-refractivity contribution is -0.132. The minimum absolute atomic E-state index is 0. The highest BCUT2D eigenvalue weighted by Crippen LogP contribution is 1.92. The van der Waals surface area contributed by atoms with Gasteiger partial charge in [-0.25, -0.2) is 4.79 Å². The van der Waals surface area contributed by atoms with Crippen molar-refractivity contribution in [2.75, 3.05) is 0 Å². The van der Waals surface area contributed by atoms with Gasteiger partial charge in [0, 0.05) is 5.57 Å². The molecule has 0 aliphatic heterocycles. The Labute approximate surface area is 65.3 Å². The van der Waals surface area contributed by atoms with Crippen molar-refractivity contribution in [2.24, 2.45) is 0 Å². The number of rotatable bonds is 2. The Morgan fingerprint density at radius 1 is 1.67 bits per heavy atom. The van der Waals surface area contributed by atoms with Gasteiger partial charge in [-0.1, -0.05) is 13.0 Å². The van der Waals surface area contributed by atoms with Crippen LogP contribution in [0, 0.1) is 0 Å². The molecule has 0 aliphatic carbocycles. The fraction of sp³-hybridized carbons (Fsp3) is 0.500. The lowest BCUT2D eigenvalue weighted by atomic mass is 10.2. The summed E-state index contributed by atoms with van der Waals surface area (Å²) in [5.41, 5.74) is 0.424. The number of carbonyl (C=O) groups is 1. The van der Waals surface area contributed by atoms with Gasteiger partial charge in [0.05, 0.1) is 0 Å². The van der Waals surface area contributed by atoms with E-state index < -0.39 is 5.97 Å². The third kappa shape index (κ3) is 5.56. The van der Waals surface area contributed by atoms with Crippen LogP contribution in [0.3, 0.4) is 0 Å². The van der Waals surface area contributed by atoms with E-state index in [0.29, 0.717) is 5.57 Å². The molecule has 0 bridgehead atoms. The normalized spacial score (nSPS) is 10.2. The zero-order chi connectivity index (χ0) is 6.57. The van der Waals surface area contributed by atoms with E-state index >= 15 is 0 Å². The number of hydrogen-bond acceptors (Lipinski definition) is 1. The SMILES string of the molecule is Br.CCC=C(C)C(=O)O. The van der Waals surface area contributed by atoms with Gasteiger partial charge in [-0.05, 0) is 13.3 Å². The third-order valence-corrected chi connectivity index (χ3v) is 0.848. The fourth-order valence-corrected chi connectivity index (χ4v) is 0.393. The number of aliphatic carboxylic acids is 1. The van der Waals surface area contributed by atoms with Crippen LogP contribution in [0.2, 0.25) is 0 Å². The van der Waals surface area contributed by atoms with Crippen molar-refractivity contribution in [2.45, 2.75) is 20.3 Å². The van der Waals surface area contributed by atoms with Crippen LogP contribution in [-0.4, -0.2) is 11.1 Å². The maximum atomic E-state index is 10.0. The van der Waals surface area contributed by atoms with E-state index in [1.807, 2.05) is 6.92 Å². The molecule has 0 aliphatic rings. The predicted octanol–water partition coefficient (Wildman–Crippen LogP) is 2.01. The highest BCUT2D eigenvalue weighted by molar-refractivity contribution is 8.93. The van der Waals surface area contributed by atoms with Crippen LogP contribution in [0.1, 0.15) is 20.3 Å². The van der Waals surface area contributed by atoms with Crippen molar-refractivity contribution < 1.29 is 9.90 Å². The molecule has 0 rings (SSSR count). The topological polar surface area (TPSA) is 37.3 Å². The number of carboxylic acids is 1. The smallest absolute Gasteiger partial charge is 0.330 e. The molecular formula is C6H11BrO2. The Kier molecular flexibility index (Phi) is 7.43. The minimum Gasteiger partial charge on any atom is -0.478 e. The molecule has 3 heteroatoms. The van der Waals surface area contributed by atoms with Crippen molar-refractivity contribution >= 4 is 23.0 Å². The van der Waals surface area contributed by atoms with E-state index in [1.165, 1.54) is 0 Å². The van der Waals surface area contributed by atoms with Gasteiger partial charge in [0.15, 0.2) is 0 Å². The van der Waals surface area contributed by atoms with E-state index in [0.717, 1.165) is 6.42 Å². The first kappa shape index (κ1) is 11.5. The summed E-state index contributed by atoms with van der Waals surface area (Å²) in [4.78, 5) is 10.0. The summed E-state index contributed by atoms with van der Waals surface area (Å²) in [6, 6.07) is 0. The summed E-state index contributed by atoms with van der Waals surface area (Å²) >= 11 is 0. The summed E-state index contributed by atoms with van der Waals surface area (Å²) in [7, 11) is 0. The molecule has 0 spiro atoms. The van der Waals surface area contributed by atoms with E-state index in [4.69, 9.17) is 5.11 Å². The molecule has 1 N–H and O–H groups in total. The van der Waals surface area contributed by atoms with Crippen LogP contribution in [0.4, 0.5) is 0 Å². The van der Waals surface area contributed by atoms with Gasteiger partial charge < -0.3 is 5.11 Å². The lowest BCUT2D eigenvalue weighted by Crippen LogP contribution is -1.94. The van der Waals surface area contributed by atoms with Crippen molar-refractivity contribution in [1.29, 1.82) is 0 Å². The van der Waals surface area contributed by atoms with Crippen molar-refractivity contribution in [3.8, 4) is 0 Å². The summed E-state index contributed by atoms with van der Waals surface area (Å²) in [6.45, 7) is 3.50. The van der Waals surface area contributed by atoms with Gasteiger partial charge in [-0.3, -0.25) is 0 Å². The highest BCUT2D eigenvalue weighted by Gasteiger charge is 1.94. The largest absolute Gasteiger partial charge is 0.478 e. The number of allylic oxidation sites excluding steroid dienone is 1. The Balaban J connectivity index is 0. The average Bonchev–Trinajstić information content (AvgIpc) is 1.67. The van der Waals surface area contributed by atoms with Crippen LogP contribution in [0.5, 0.6) is 0 Å². The molecule has 0 radical (unpaired) electrons. The molecule has 0 aromatic heterocycles. The highest BCUT2D eigenvalue weighted by atomic mass is 79.9. The summed E-state index contributed by atoms with van der Waals surface area (Å²) < 4.78 is 0. The molecule has 0 saturated heterocycles. The van der Waals surface area contributed by atoms with Crippen LogP contribution < -0.4 is 0 Å². The Morgan fingerprint density at radius 3 is 2.22 bits per heavy atom. The Morgan fingerprint density at radius 2 is 2.11 bits per heavy atom.